The Morgan fingerprint density at radius 3 is 2.54 bits per heavy atom. The Balaban J connectivity index is 0.000000621. The Morgan fingerprint density at radius 1 is 1.09 bits per heavy atom. The zero-order valence-electron chi connectivity index (χ0n) is 30.9. The summed E-state index contributed by atoms with van der Waals surface area (Å²) in [6.07, 6.45) is 10.2. The molecule has 0 spiro atoms. The second kappa shape index (κ2) is 18.8. The van der Waals surface area contributed by atoms with Crippen LogP contribution in [0.4, 0.5) is 13.2 Å². The van der Waals surface area contributed by atoms with Crippen LogP contribution in [0.5, 0.6) is 5.88 Å². The van der Waals surface area contributed by atoms with Gasteiger partial charge in [0.2, 0.25) is 24.6 Å². The van der Waals surface area contributed by atoms with Crippen molar-refractivity contribution < 1.29 is 32.3 Å². The number of nitrogens with zero attached hydrogens (tertiary/aromatic N) is 5. The summed E-state index contributed by atoms with van der Waals surface area (Å²) in [7, 11) is 1.78. The van der Waals surface area contributed by atoms with E-state index in [0.29, 0.717) is 27.8 Å². The fraction of sp³-hybridized carbons (Fsp3) is 0.595. The molecule has 3 aliphatic rings. The first-order valence-corrected chi connectivity index (χ1v) is 20.9. The van der Waals surface area contributed by atoms with Gasteiger partial charge < -0.3 is 19.7 Å². The SMILES string of the molecule is CC(C)c1csc(-c2cc(O[C@H]3CCCC(C(=O)NC4C[C@H]4/C=C\CCCCN(C)C=O)C3)nc(-c3nc(C(F)(F)F)cs3)n2)n1.CC1(SNC=O)CC1. The molecule has 3 fully saturated rings. The lowest BCUT2D eigenvalue weighted by Crippen LogP contribution is -2.38. The van der Waals surface area contributed by atoms with Gasteiger partial charge in [-0.15, -0.1) is 22.7 Å². The highest BCUT2D eigenvalue weighted by atomic mass is 32.2. The van der Waals surface area contributed by atoms with Crippen molar-refractivity contribution >= 4 is 53.3 Å². The molecule has 3 aliphatic carbocycles. The van der Waals surface area contributed by atoms with E-state index < -0.39 is 11.9 Å². The fourth-order valence-corrected chi connectivity index (χ4v) is 8.15. The zero-order valence-corrected chi connectivity index (χ0v) is 33.4. The number of thiazole rings is 2. The van der Waals surface area contributed by atoms with Crippen LogP contribution in [0.3, 0.4) is 0 Å². The number of carbonyl (C=O) groups excluding carboxylic acids is 3. The summed E-state index contributed by atoms with van der Waals surface area (Å²) in [5, 5.41) is 6.74. The molecule has 0 radical (unpaired) electrons. The molecule has 4 atom stereocenters. The first-order valence-electron chi connectivity index (χ1n) is 18.3. The van der Waals surface area contributed by atoms with Crippen LogP contribution in [-0.2, 0) is 20.6 Å². The van der Waals surface area contributed by atoms with E-state index >= 15 is 0 Å². The van der Waals surface area contributed by atoms with Gasteiger partial charge in [0.1, 0.15) is 16.8 Å². The quantitative estimate of drug-likeness (QED) is 0.0600. The van der Waals surface area contributed by atoms with Crippen molar-refractivity contribution in [2.45, 2.75) is 114 Å². The minimum atomic E-state index is -4.57. The molecule has 294 valence electrons. The number of unbranched alkanes of at least 4 members (excludes halogenated alkanes) is 2. The first kappa shape index (κ1) is 41.6. The summed E-state index contributed by atoms with van der Waals surface area (Å²) in [4.78, 5) is 52.6. The number of aromatic nitrogens is 4. The lowest BCUT2D eigenvalue weighted by Gasteiger charge is -2.28. The normalized spacial score (nSPS) is 21.6. The van der Waals surface area contributed by atoms with Crippen molar-refractivity contribution in [3.8, 4) is 27.4 Å². The predicted molar refractivity (Wildman–Crippen MR) is 206 cm³/mol. The second-order valence-corrected chi connectivity index (χ2v) is 17.7. The van der Waals surface area contributed by atoms with E-state index in [2.05, 4.69) is 49.1 Å². The lowest BCUT2D eigenvalue weighted by atomic mass is 9.86. The van der Waals surface area contributed by atoms with Crippen molar-refractivity contribution in [1.29, 1.82) is 0 Å². The second-order valence-electron chi connectivity index (χ2n) is 14.6. The molecular formula is C37H48F3N7O4S3. The van der Waals surface area contributed by atoms with E-state index in [1.807, 2.05) is 19.2 Å². The third-order valence-electron chi connectivity index (χ3n) is 9.48. The highest BCUT2D eigenvalue weighted by Gasteiger charge is 2.39. The summed E-state index contributed by atoms with van der Waals surface area (Å²) in [6.45, 7) is 6.96. The molecular weight excluding hydrogens is 760 g/mol. The monoisotopic (exact) mass is 807 g/mol. The number of rotatable bonds is 17. The van der Waals surface area contributed by atoms with E-state index in [9.17, 15) is 27.6 Å². The van der Waals surface area contributed by atoms with Crippen LogP contribution in [-0.4, -0.2) is 74.0 Å². The van der Waals surface area contributed by atoms with E-state index in [1.54, 1.807) is 18.0 Å². The van der Waals surface area contributed by atoms with E-state index in [0.717, 1.165) is 86.7 Å². The summed E-state index contributed by atoms with van der Waals surface area (Å²) >= 11 is 3.75. The van der Waals surface area contributed by atoms with Crippen LogP contribution < -0.4 is 14.8 Å². The molecule has 3 saturated carbocycles. The molecule has 2 unspecified atom stereocenters. The molecule has 0 aliphatic heterocycles. The zero-order chi connectivity index (χ0) is 38.9. The molecule has 0 saturated heterocycles. The molecule has 11 nitrogen and oxygen atoms in total. The highest BCUT2D eigenvalue weighted by Crippen LogP contribution is 2.46. The third kappa shape index (κ3) is 12.5. The molecule has 3 heterocycles. The van der Waals surface area contributed by atoms with Gasteiger partial charge in [-0.1, -0.05) is 26.0 Å². The molecule has 3 amide bonds. The Kier molecular flexibility index (Phi) is 14.5. The molecule has 0 aromatic carbocycles. The Hall–Kier alpha value is -3.57. The highest BCUT2D eigenvalue weighted by molar-refractivity contribution is 7.99. The van der Waals surface area contributed by atoms with Crippen LogP contribution >= 0.6 is 34.6 Å². The van der Waals surface area contributed by atoms with Crippen LogP contribution in [0.2, 0.25) is 0 Å². The number of carbonyl (C=O) groups is 3. The molecule has 3 aromatic rings. The van der Waals surface area contributed by atoms with Gasteiger partial charge in [0, 0.05) is 47.1 Å². The topological polar surface area (TPSA) is 139 Å². The Morgan fingerprint density at radius 2 is 1.87 bits per heavy atom. The molecule has 0 bridgehead atoms. The van der Waals surface area contributed by atoms with Gasteiger partial charge in [0.05, 0.1) is 5.69 Å². The van der Waals surface area contributed by atoms with Gasteiger partial charge >= 0.3 is 6.18 Å². The van der Waals surface area contributed by atoms with Crippen molar-refractivity contribution in [3.63, 3.8) is 0 Å². The summed E-state index contributed by atoms with van der Waals surface area (Å²) in [5.41, 5.74) is 0.353. The number of hydrogen-bond acceptors (Lipinski definition) is 11. The van der Waals surface area contributed by atoms with Crippen LogP contribution in [0.15, 0.2) is 29.0 Å². The van der Waals surface area contributed by atoms with Crippen LogP contribution in [0.25, 0.3) is 21.5 Å². The maximum atomic E-state index is 13.3. The number of allylic oxidation sites excluding steroid dienone is 1. The smallest absolute Gasteiger partial charge is 0.434 e. The lowest BCUT2D eigenvalue weighted by molar-refractivity contribution is -0.140. The van der Waals surface area contributed by atoms with Gasteiger partial charge in [-0.2, -0.15) is 18.2 Å². The molecule has 2 N–H and O–H groups in total. The van der Waals surface area contributed by atoms with Gasteiger partial charge in [0.15, 0.2) is 16.5 Å². The van der Waals surface area contributed by atoms with E-state index in [4.69, 9.17) is 4.74 Å². The molecule has 6 rings (SSSR count). The minimum Gasteiger partial charge on any atom is -0.474 e. The summed E-state index contributed by atoms with van der Waals surface area (Å²) < 4.78 is 49.1. The van der Waals surface area contributed by atoms with Gasteiger partial charge in [-0.05, 0) is 94.9 Å². The molecule has 3 aromatic heterocycles. The maximum absolute atomic E-state index is 13.3. The number of amides is 3. The summed E-state index contributed by atoms with van der Waals surface area (Å²) in [6, 6.07) is 1.81. The number of alkyl halides is 3. The van der Waals surface area contributed by atoms with Gasteiger partial charge in [-0.3, -0.25) is 14.4 Å². The number of ether oxygens (including phenoxy) is 1. The van der Waals surface area contributed by atoms with Gasteiger partial charge in [-0.25, -0.2) is 15.0 Å². The third-order valence-corrected chi connectivity index (χ3v) is 12.3. The standard InChI is InChI=1S/C32H39F3N6O3S2.C5H9NOS/c1-19(2)25-16-45-30(38-25)24-15-27(40-28(36-24)31-39-26(17-46-31)32(33,34)35)44-22-11-8-10-21(13-22)29(43)37-23-14-20(23)9-6-4-5-7-12-41(3)18-42;1-5(2-3-5)8-6-4-7/h6,9,15-23H,4-5,7-8,10-14H2,1-3H3,(H,37,43);4H,2-3H2,1H3,(H,6,7)/b9-6-;/t20-,21?,22+,23?;/m1./s1. The van der Waals surface area contributed by atoms with E-state index in [-0.39, 0.29) is 46.6 Å². The average Bonchev–Trinajstić information content (AvgIpc) is 3.87. The fourth-order valence-electron chi connectivity index (χ4n) is 5.81. The van der Waals surface area contributed by atoms with Crippen LogP contribution in [0, 0.1) is 11.8 Å². The maximum Gasteiger partial charge on any atom is 0.434 e. The van der Waals surface area contributed by atoms with Crippen molar-refractivity contribution in [2.24, 2.45) is 11.8 Å². The summed E-state index contributed by atoms with van der Waals surface area (Å²) in [5.74, 6) is 0.653. The Bertz CT molecular complexity index is 1750. The van der Waals surface area contributed by atoms with Crippen molar-refractivity contribution in [2.75, 3.05) is 13.6 Å². The number of nitrogens with one attached hydrogen (secondary N) is 2. The first-order chi connectivity index (χ1) is 25.8. The van der Waals surface area contributed by atoms with Crippen molar-refractivity contribution in [3.05, 3.63) is 40.4 Å². The van der Waals surface area contributed by atoms with Gasteiger partial charge in [0.25, 0.3) is 0 Å². The molecule has 17 heteroatoms. The minimum absolute atomic E-state index is 0.0293. The number of halogens is 3. The van der Waals surface area contributed by atoms with Crippen LogP contribution in [0.1, 0.15) is 102 Å². The predicted octanol–water partition coefficient (Wildman–Crippen LogP) is 8.06. The largest absolute Gasteiger partial charge is 0.474 e. The molecule has 54 heavy (non-hydrogen) atoms. The average molecular weight is 808 g/mol. The van der Waals surface area contributed by atoms with E-state index in [1.165, 1.54) is 36.1 Å². The number of hydrogen-bond donors (Lipinski definition) is 2. The van der Waals surface area contributed by atoms with Crippen molar-refractivity contribution in [1.82, 2.24) is 34.9 Å². The Labute approximate surface area is 326 Å².